The van der Waals surface area contributed by atoms with E-state index in [4.69, 9.17) is 4.74 Å². The van der Waals surface area contributed by atoms with Crippen molar-refractivity contribution in [1.82, 2.24) is 0 Å². The molecule has 0 unspecified atom stereocenters. The van der Waals surface area contributed by atoms with E-state index < -0.39 is 0 Å². The molecular formula is C30H42O3. The first-order chi connectivity index (χ1) is 15.3. The van der Waals surface area contributed by atoms with Crippen molar-refractivity contribution in [2.24, 2.45) is 45.3 Å². The summed E-state index contributed by atoms with van der Waals surface area (Å²) >= 11 is 0. The van der Waals surface area contributed by atoms with Crippen molar-refractivity contribution < 1.29 is 14.3 Å². The van der Waals surface area contributed by atoms with Gasteiger partial charge in [0, 0.05) is 17.4 Å². The van der Waals surface area contributed by atoms with E-state index in [9.17, 15) is 9.59 Å². The topological polar surface area (TPSA) is 43.4 Å². The number of carbonyl (C=O) groups is 2. The average molecular weight is 451 g/mol. The van der Waals surface area contributed by atoms with Crippen molar-refractivity contribution in [3.05, 3.63) is 35.1 Å². The summed E-state index contributed by atoms with van der Waals surface area (Å²) in [5.74, 6) is 2.99. The van der Waals surface area contributed by atoms with Gasteiger partial charge in [0.25, 0.3) is 0 Å². The van der Waals surface area contributed by atoms with Gasteiger partial charge in [-0.15, -0.1) is 0 Å². The van der Waals surface area contributed by atoms with Crippen molar-refractivity contribution in [2.45, 2.75) is 93.4 Å². The molecule has 7 atom stereocenters. The summed E-state index contributed by atoms with van der Waals surface area (Å²) in [6.07, 6.45) is 14.5. The van der Waals surface area contributed by atoms with Crippen LogP contribution in [0.2, 0.25) is 0 Å². The van der Waals surface area contributed by atoms with E-state index in [1.165, 1.54) is 25.7 Å². The van der Waals surface area contributed by atoms with Crippen LogP contribution < -0.4 is 0 Å². The molecule has 1 heterocycles. The largest absolute Gasteiger partial charge is 0.423 e. The number of rotatable bonds is 2. The van der Waals surface area contributed by atoms with Gasteiger partial charge in [0.05, 0.1) is 0 Å². The third-order valence-electron chi connectivity index (χ3n) is 11.6. The highest BCUT2D eigenvalue weighted by molar-refractivity contribution is 5.92. The van der Waals surface area contributed by atoms with Gasteiger partial charge in [0.1, 0.15) is 11.5 Å². The lowest BCUT2D eigenvalue weighted by Gasteiger charge is -2.67. The Morgan fingerprint density at radius 3 is 2.42 bits per heavy atom. The van der Waals surface area contributed by atoms with Crippen LogP contribution in [-0.2, 0) is 14.3 Å². The summed E-state index contributed by atoms with van der Waals surface area (Å²) in [6, 6.07) is 0. The predicted octanol–water partition coefficient (Wildman–Crippen LogP) is 7.18. The number of esters is 1. The van der Waals surface area contributed by atoms with E-state index >= 15 is 0 Å². The molecule has 4 aliphatic carbocycles. The van der Waals surface area contributed by atoms with Crippen LogP contribution in [0.25, 0.3) is 0 Å². The minimum absolute atomic E-state index is 0.192. The second-order valence-electron chi connectivity index (χ2n) is 13.2. The highest BCUT2D eigenvalue weighted by atomic mass is 16.5. The molecule has 180 valence electrons. The Morgan fingerprint density at radius 1 is 1.03 bits per heavy atom. The van der Waals surface area contributed by atoms with Crippen LogP contribution in [-0.4, -0.2) is 11.8 Å². The smallest absolute Gasteiger partial charge is 0.339 e. The fourth-order valence-electron chi connectivity index (χ4n) is 9.42. The number of Topliss-reactive ketones (excluding diaryl/α,β-unsaturated/α-hetero) is 1. The van der Waals surface area contributed by atoms with Gasteiger partial charge in [-0.1, -0.05) is 53.2 Å². The van der Waals surface area contributed by atoms with Crippen LogP contribution in [0.3, 0.4) is 0 Å². The quantitative estimate of drug-likeness (QED) is 0.330. The van der Waals surface area contributed by atoms with Crippen LogP contribution in [0, 0.1) is 45.3 Å². The van der Waals surface area contributed by atoms with Gasteiger partial charge in [0.15, 0.2) is 0 Å². The molecule has 0 saturated heterocycles. The van der Waals surface area contributed by atoms with E-state index in [0.717, 1.165) is 25.0 Å². The average Bonchev–Trinajstić information content (AvgIpc) is 3.24. The highest BCUT2D eigenvalue weighted by Gasteiger charge is 2.66. The lowest BCUT2D eigenvalue weighted by Crippen LogP contribution is -2.61. The normalized spacial score (nSPS) is 46.2. The summed E-state index contributed by atoms with van der Waals surface area (Å²) in [5.41, 5.74) is 2.88. The molecule has 0 aromatic carbocycles. The lowest BCUT2D eigenvalue weighted by atomic mass is 9.37. The summed E-state index contributed by atoms with van der Waals surface area (Å²) < 4.78 is 5.45. The molecule has 3 nitrogen and oxygen atoms in total. The molecule has 0 N–H and O–H groups in total. The van der Waals surface area contributed by atoms with E-state index in [1.807, 2.05) is 13.0 Å². The van der Waals surface area contributed by atoms with Gasteiger partial charge in [-0.2, -0.15) is 0 Å². The molecule has 0 bridgehead atoms. The predicted molar refractivity (Wildman–Crippen MR) is 131 cm³/mol. The summed E-state index contributed by atoms with van der Waals surface area (Å²) in [7, 11) is 0. The molecule has 5 rings (SSSR count). The number of allylic oxidation sites excluding steroid dienone is 4. The lowest BCUT2D eigenvalue weighted by molar-refractivity contribution is -0.174. The molecule has 33 heavy (non-hydrogen) atoms. The van der Waals surface area contributed by atoms with Crippen LogP contribution in [0.15, 0.2) is 35.1 Å². The molecular weight excluding hydrogens is 408 g/mol. The molecule has 0 radical (unpaired) electrons. The Balaban J connectivity index is 1.47. The monoisotopic (exact) mass is 450 g/mol. The molecule has 3 fully saturated rings. The van der Waals surface area contributed by atoms with Gasteiger partial charge in [-0.05, 0) is 97.5 Å². The Labute approximate surface area is 200 Å². The zero-order valence-corrected chi connectivity index (χ0v) is 21.7. The fourth-order valence-corrected chi connectivity index (χ4v) is 9.42. The second kappa shape index (κ2) is 7.18. The number of hydrogen-bond donors (Lipinski definition) is 0. The minimum Gasteiger partial charge on any atom is -0.423 e. The zero-order valence-electron chi connectivity index (χ0n) is 21.7. The molecule has 0 aromatic rings. The van der Waals surface area contributed by atoms with Crippen LogP contribution >= 0.6 is 0 Å². The van der Waals surface area contributed by atoms with Crippen molar-refractivity contribution in [3.8, 4) is 0 Å². The van der Waals surface area contributed by atoms with Gasteiger partial charge in [-0.3, -0.25) is 4.79 Å². The maximum atomic E-state index is 12.8. The third-order valence-corrected chi connectivity index (χ3v) is 11.6. The Hall–Kier alpha value is -1.64. The first-order valence-electron chi connectivity index (χ1n) is 13.2. The Morgan fingerprint density at radius 2 is 1.76 bits per heavy atom. The van der Waals surface area contributed by atoms with Crippen LogP contribution in [0.1, 0.15) is 93.4 Å². The number of ether oxygens (including phenoxy) is 1. The number of carbonyl (C=O) groups excluding carboxylic acids is 2. The fraction of sp³-hybridized carbons (Fsp3) is 0.733. The van der Waals surface area contributed by atoms with E-state index in [1.54, 1.807) is 5.57 Å². The Bertz CT molecular complexity index is 996. The van der Waals surface area contributed by atoms with Gasteiger partial charge in [-0.25, -0.2) is 4.79 Å². The van der Waals surface area contributed by atoms with Crippen molar-refractivity contribution >= 4 is 11.8 Å². The molecule has 0 aromatic heterocycles. The van der Waals surface area contributed by atoms with Crippen LogP contribution in [0.4, 0.5) is 0 Å². The van der Waals surface area contributed by atoms with Crippen molar-refractivity contribution in [1.29, 1.82) is 0 Å². The summed E-state index contributed by atoms with van der Waals surface area (Å²) in [4.78, 5) is 24.7. The van der Waals surface area contributed by atoms with Gasteiger partial charge >= 0.3 is 5.97 Å². The maximum absolute atomic E-state index is 12.8. The highest BCUT2D eigenvalue weighted by Crippen LogP contribution is 2.74. The minimum atomic E-state index is -0.212. The van der Waals surface area contributed by atoms with Crippen molar-refractivity contribution in [2.75, 3.05) is 0 Å². The second-order valence-corrected chi connectivity index (χ2v) is 13.2. The zero-order chi connectivity index (χ0) is 24.0. The van der Waals surface area contributed by atoms with Crippen molar-refractivity contribution in [3.63, 3.8) is 0 Å². The molecule has 0 amide bonds. The molecule has 3 heteroatoms. The first-order valence-corrected chi connectivity index (χ1v) is 13.2. The standard InChI is InChI=1S/C30H42O3/c1-18(16-20-17-19(2)26(32)33-20)21-10-14-29(6)22(21)8-9-24-28(5)13-12-25(31)27(3,4)23(28)11-15-30(24,29)7/h8,16-18,21,23-24H,9-15H2,1-7H3/b20-16-/t18-,21-,23+,24+,28+,29+,30+/m1/s1. The van der Waals surface area contributed by atoms with Gasteiger partial charge < -0.3 is 4.74 Å². The molecule has 5 aliphatic rings. The number of ketones is 1. The van der Waals surface area contributed by atoms with E-state index in [-0.39, 0.29) is 27.6 Å². The van der Waals surface area contributed by atoms with E-state index in [0.29, 0.717) is 35.0 Å². The SMILES string of the molecule is CC1=C/C(=C/[C@@H](C)[C@H]2CC[C@@]3(C)C2=CC[C@H]2[C@@]4(C)CCC(=O)C(C)(C)[C@@H]4CC[C@@]23C)OC1=O. The molecule has 1 aliphatic heterocycles. The Kier molecular flexibility index (Phi) is 5.03. The first kappa shape index (κ1) is 23.1. The van der Waals surface area contributed by atoms with E-state index in [2.05, 4.69) is 53.7 Å². The molecule has 0 spiro atoms. The maximum Gasteiger partial charge on any atom is 0.339 e. The van der Waals surface area contributed by atoms with Crippen LogP contribution in [0.5, 0.6) is 0 Å². The summed E-state index contributed by atoms with van der Waals surface area (Å²) in [5, 5.41) is 0. The third kappa shape index (κ3) is 2.99. The molecule has 3 saturated carbocycles. The number of hydrogen-bond acceptors (Lipinski definition) is 3. The number of fused-ring (bicyclic) bond motifs is 5. The summed E-state index contributed by atoms with van der Waals surface area (Å²) in [6.45, 7) is 16.2. The number of cyclic esters (lactones) is 1. The van der Waals surface area contributed by atoms with Gasteiger partial charge in [0.2, 0.25) is 0 Å².